The van der Waals surface area contributed by atoms with Gasteiger partial charge in [0, 0.05) is 26.1 Å². The highest BCUT2D eigenvalue weighted by atomic mass is 32.1. The molecule has 3 heterocycles. The number of para-hydroxylation sites is 2. The Morgan fingerprint density at radius 1 is 1.36 bits per heavy atom. The van der Waals surface area contributed by atoms with E-state index in [1.807, 2.05) is 43.1 Å². The van der Waals surface area contributed by atoms with E-state index in [4.69, 9.17) is 4.98 Å². The number of thiazole rings is 1. The first-order valence-electron chi connectivity index (χ1n) is 8.55. The lowest BCUT2D eigenvalue weighted by atomic mass is 9.97. The molecule has 1 aliphatic rings. The molecule has 0 aliphatic carbocycles. The van der Waals surface area contributed by atoms with Gasteiger partial charge in [0.2, 0.25) is 0 Å². The van der Waals surface area contributed by atoms with Gasteiger partial charge in [0.25, 0.3) is 5.91 Å². The fraction of sp³-hybridized carbons (Fsp3) is 0.389. The van der Waals surface area contributed by atoms with Gasteiger partial charge in [-0.2, -0.15) is 0 Å². The highest BCUT2D eigenvalue weighted by Crippen LogP contribution is 2.30. The van der Waals surface area contributed by atoms with Gasteiger partial charge in [0.05, 0.1) is 16.7 Å². The van der Waals surface area contributed by atoms with Crippen LogP contribution in [0.5, 0.6) is 0 Å². The summed E-state index contributed by atoms with van der Waals surface area (Å²) in [7, 11) is 1.82. The Hall–Kier alpha value is -2.41. The fourth-order valence-electron chi connectivity index (χ4n) is 3.40. The van der Waals surface area contributed by atoms with E-state index in [9.17, 15) is 4.79 Å². The van der Waals surface area contributed by atoms with Crippen molar-refractivity contribution in [3.63, 3.8) is 0 Å². The van der Waals surface area contributed by atoms with Crippen LogP contribution in [0.4, 0.5) is 5.13 Å². The summed E-state index contributed by atoms with van der Waals surface area (Å²) in [4.78, 5) is 28.2. The molecule has 7 heteroatoms. The van der Waals surface area contributed by atoms with Crippen molar-refractivity contribution in [2.75, 3.05) is 25.5 Å². The lowest BCUT2D eigenvalue weighted by Gasteiger charge is -2.31. The van der Waals surface area contributed by atoms with E-state index in [-0.39, 0.29) is 11.8 Å². The second-order valence-electron chi connectivity index (χ2n) is 6.41. The minimum Gasteiger partial charge on any atom is -0.365 e. The zero-order valence-corrected chi connectivity index (χ0v) is 15.2. The number of anilines is 1. The molecular formula is C18H21N5OS. The number of likely N-dealkylation sites (tertiary alicyclic amines) is 1. The summed E-state index contributed by atoms with van der Waals surface area (Å²) >= 11 is 1.43. The summed E-state index contributed by atoms with van der Waals surface area (Å²) in [6.07, 6.45) is 2.04. The molecule has 1 amide bonds. The number of nitrogens with one attached hydrogen (secondary N) is 2. The number of piperidine rings is 1. The number of hydrogen-bond donors (Lipinski definition) is 2. The number of imidazole rings is 1. The van der Waals surface area contributed by atoms with Crippen LogP contribution in [0.2, 0.25) is 0 Å². The molecule has 2 aromatic heterocycles. The maximum absolute atomic E-state index is 12.9. The van der Waals surface area contributed by atoms with Gasteiger partial charge in [-0.25, -0.2) is 9.97 Å². The highest BCUT2D eigenvalue weighted by molar-refractivity contribution is 7.17. The molecule has 1 aromatic carbocycles. The van der Waals surface area contributed by atoms with Crippen LogP contribution in [0, 0.1) is 6.92 Å². The maximum atomic E-state index is 12.9. The Morgan fingerprint density at radius 2 is 2.20 bits per heavy atom. The molecule has 1 atom stereocenters. The SMILES string of the molecule is CNc1nc(C)c(C(=O)N2CCC[C@@H](c3nc4ccccc4[nH]3)C2)s1. The molecule has 0 saturated carbocycles. The number of H-pyrrole nitrogens is 1. The van der Waals surface area contributed by atoms with Crippen LogP contribution in [0.1, 0.15) is 39.9 Å². The van der Waals surface area contributed by atoms with E-state index in [0.29, 0.717) is 6.54 Å². The van der Waals surface area contributed by atoms with Crippen molar-refractivity contribution >= 4 is 33.4 Å². The van der Waals surface area contributed by atoms with E-state index in [1.165, 1.54) is 11.3 Å². The Kier molecular flexibility index (Phi) is 4.17. The number of rotatable bonds is 3. The standard InChI is InChI=1S/C18H21N5OS/c1-11-15(25-18(19-2)20-11)17(24)23-9-5-6-12(10-23)16-21-13-7-3-4-8-14(13)22-16/h3-4,7-8,12H,5-6,9-10H2,1-2H3,(H,19,20)(H,21,22)/t12-/m1/s1. The fourth-order valence-corrected chi connectivity index (χ4v) is 4.28. The lowest BCUT2D eigenvalue weighted by Crippen LogP contribution is -2.39. The molecule has 0 spiro atoms. The third-order valence-electron chi connectivity index (χ3n) is 4.71. The Labute approximate surface area is 150 Å². The van der Waals surface area contributed by atoms with Crippen LogP contribution in [0.25, 0.3) is 11.0 Å². The molecule has 130 valence electrons. The van der Waals surface area contributed by atoms with Crippen molar-refractivity contribution in [1.82, 2.24) is 19.9 Å². The van der Waals surface area contributed by atoms with Gasteiger partial charge >= 0.3 is 0 Å². The summed E-state index contributed by atoms with van der Waals surface area (Å²) in [5.74, 6) is 1.31. The second-order valence-corrected chi connectivity index (χ2v) is 7.41. The van der Waals surface area contributed by atoms with Gasteiger partial charge in [-0.1, -0.05) is 23.5 Å². The van der Waals surface area contributed by atoms with E-state index in [1.54, 1.807) is 0 Å². The molecule has 1 saturated heterocycles. The Bertz CT molecular complexity index is 882. The van der Waals surface area contributed by atoms with Gasteiger partial charge in [-0.15, -0.1) is 0 Å². The minimum atomic E-state index is 0.0808. The van der Waals surface area contributed by atoms with Gasteiger partial charge in [0.15, 0.2) is 5.13 Å². The quantitative estimate of drug-likeness (QED) is 0.755. The lowest BCUT2D eigenvalue weighted by molar-refractivity contribution is 0.0709. The molecule has 6 nitrogen and oxygen atoms in total. The number of aryl methyl sites for hydroxylation is 1. The second kappa shape index (κ2) is 6.48. The topological polar surface area (TPSA) is 73.9 Å². The molecule has 4 rings (SSSR count). The monoisotopic (exact) mass is 355 g/mol. The smallest absolute Gasteiger partial charge is 0.265 e. The third kappa shape index (κ3) is 3.00. The molecule has 25 heavy (non-hydrogen) atoms. The van der Waals surface area contributed by atoms with Gasteiger partial charge < -0.3 is 15.2 Å². The van der Waals surface area contributed by atoms with E-state index in [0.717, 1.165) is 51.9 Å². The van der Waals surface area contributed by atoms with Crippen LogP contribution in [0.15, 0.2) is 24.3 Å². The van der Waals surface area contributed by atoms with Crippen LogP contribution < -0.4 is 5.32 Å². The van der Waals surface area contributed by atoms with Crippen LogP contribution in [-0.2, 0) is 0 Å². The third-order valence-corrected chi connectivity index (χ3v) is 5.87. The average molecular weight is 355 g/mol. The van der Waals surface area contributed by atoms with Crippen molar-refractivity contribution in [2.45, 2.75) is 25.7 Å². The number of aromatic amines is 1. The maximum Gasteiger partial charge on any atom is 0.265 e. The van der Waals surface area contributed by atoms with Crippen LogP contribution in [0.3, 0.4) is 0 Å². The van der Waals surface area contributed by atoms with Gasteiger partial charge in [-0.3, -0.25) is 4.79 Å². The van der Waals surface area contributed by atoms with Crippen molar-refractivity contribution in [3.8, 4) is 0 Å². The molecule has 0 unspecified atom stereocenters. The number of fused-ring (bicyclic) bond motifs is 1. The molecule has 3 aromatic rings. The number of hydrogen-bond acceptors (Lipinski definition) is 5. The highest BCUT2D eigenvalue weighted by Gasteiger charge is 2.29. The number of nitrogens with zero attached hydrogens (tertiary/aromatic N) is 3. The van der Waals surface area contributed by atoms with Crippen molar-refractivity contribution in [1.29, 1.82) is 0 Å². The zero-order chi connectivity index (χ0) is 17.4. The van der Waals surface area contributed by atoms with Crippen molar-refractivity contribution < 1.29 is 4.79 Å². The van der Waals surface area contributed by atoms with E-state index in [2.05, 4.69) is 15.3 Å². The number of carbonyl (C=O) groups is 1. The number of carbonyl (C=O) groups excluding carboxylic acids is 1. The Morgan fingerprint density at radius 3 is 2.96 bits per heavy atom. The number of amides is 1. The predicted molar refractivity (Wildman–Crippen MR) is 100 cm³/mol. The minimum absolute atomic E-state index is 0.0808. The molecule has 0 radical (unpaired) electrons. The van der Waals surface area contributed by atoms with Gasteiger partial charge in [-0.05, 0) is 31.9 Å². The van der Waals surface area contributed by atoms with Crippen LogP contribution >= 0.6 is 11.3 Å². The normalized spacial score (nSPS) is 17.8. The predicted octanol–water partition coefficient (Wildman–Crippen LogP) is 3.39. The van der Waals surface area contributed by atoms with E-state index < -0.39 is 0 Å². The van der Waals surface area contributed by atoms with Crippen molar-refractivity contribution in [3.05, 3.63) is 40.7 Å². The average Bonchev–Trinajstić information content (AvgIpc) is 3.24. The number of benzene rings is 1. The summed E-state index contributed by atoms with van der Waals surface area (Å²) in [6, 6.07) is 8.06. The summed E-state index contributed by atoms with van der Waals surface area (Å²) in [5, 5.41) is 3.80. The molecular weight excluding hydrogens is 334 g/mol. The first-order valence-corrected chi connectivity index (χ1v) is 9.36. The molecule has 1 fully saturated rings. The summed E-state index contributed by atoms with van der Waals surface area (Å²) < 4.78 is 0. The van der Waals surface area contributed by atoms with Gasteiger partial charge in [0.1, 0.15) is 10.7 Å². The zero-order valence-electron chi connectivity index (χ0n) is 14.4. The summed E-state index contributed by atoms with van der Waals surface area (Å²) in [6.45, 7) is 3.39. The molecule has 0 bridgehead atoms. The van der Waals surface area contributed by atoms with Crippen LogP contribution in [-0.4, -0.2) is 45.9 Å². The number of aromatic nitrogens is 3. The van der Waals surface area contributed by atoms with E-state index >= 15 is 0 Å². The molecule has 1 aliphatic heterocycles. The first-order chi connectivity index (χ1) is 12.2. The largest absolute Gasteiger partial charge is 0.365 e. The van der Waals surface area contributed by atoms with Crippen molar-refractivity contribution in [2.24, 2.45) is 0 Å². The Balaban J connectivity index is 1.55. The first kappa shape index (κ1) is 16.1. The molecule has 2 N–H and O–H groups in total. The summed E-state index contributed by atoms with van der Waals surface area (Å²) in [5.41, 5.74) is 2.83.